The van der Waals surface area contributed by atoms with Crippen molar-refractivity contribution >= 4 is 18.6 Å². The van der Waals surface area contributed by atoms with E-state index in [-0.39, 0.29) is 5.92 Å². The molecule has 0 bridgehead atoms. The van der Waals surface area contributed by atoms with Crippen LogP contribution in [0.5, 0.6) is 0 Å². The van der Waals surface area contributed by atoms with Gasteiger partial charge in [0.15, 0.2) is 0 Å². The lowest BCUT2D eigenvalue weighted by molar-refractivity contribution is -0.144. The number of rotatable bonds is 1. The van der Waals surface area contributed by atoms with Gasteiger partial charge in [0.25, 0.3) is 0 Å². The summed E-state index contributed by atoms with van der Waals surface area (Å²) in [6.45, 7) is 0. The summed E-state index contributed by atoms with van der Waals surface area (Å²) in [6.07, 6.45) is 1.50. The van der Waals surface area contributed by atoms with Gasteiger partial charge in [-0.2, -0.15) is 12.6 Å². The molecule has 0 aromatic rings. The number of carbonyl (C=O) groups is 1. The van der Waals surface area contributed by atoms with Crippen molar-refractivity contribution in [2.75, 3.05) is 0 Å². The summed E-state index contributed by atoms with van der Waals surface area (Å²) in [5.74, 6) is -0.771. The number of hydrogen-bond acceptors (Lipinski definition) is 2. The molecule has 1 aliphatic rings. The van der Waals surface area contributed by atoms with Gasteiger partial charge in [-0.25, -0.2) is 0 Å². The van der Waals surface area contributed by atoms with Crippen molar-refractivity contribution in [3.05, 3.63) is 0 Å². The highest BCUT2D eigenvalue weighted by molar-refractivity contribution is 7.81. The molecule has 0 saturated heterocycles. The molecule has 0 spiro atoms. The zero-order chi connectivity index (χ0) is 6.15. The number of carboxylic acids is 1. The number of thiol groups is 1. The molecule has 0 radical (unpaired) electrons. The highest BCUT2D eigenvalue weighted by atomic mass is 32.1. The van der Waals surface area contributed by atoms with Gasteiger partial charge in [-0.3, -0.25) is 4.79 Å². The molecule has 3 heteroatoms. The fourth-order valence-electron chi connectivity index (χ4n) is 0.789. The molecule has 0 aliphatic heterocycles. The summed E-state index contributed by atoms with van der Waals surface area (Å²) >= 11 is 4.08. The fraction of sp³-hybridized carbons (Fsp3) is 0.800. The minimum absolute atomic E-state index is 0.0995. The van der Waals surface area contributed by atoms with Crippen molar-refractivity contribution < 1.29 is 9.90 Å². The molecule has 1 N–H and O–H groups in total. The van der Waals surface area contributed by atoms with E-state index in [4.69, 9.17) is 5.11 Å². The Morgan fingerprint density at radius 1 is 1.62 bits per heavy atom. The number of carboxylic acid groups (broad SMARTS) is 1. The molecule has 0 heterocycles. The normalized spacial score (nSPS) is 36.1. The molecule has 0 aromatic heterocycles. The highest BCUT2D eigenvalue weighted by Gasteiger charge is 2.31. The minimum Gasteiger partial charge on any atom is -0.481 e. The summed E-state index contributed by atoms with van der Waals surface area (Å²) in [4.78, 5) is 10.1. The van der Waals surface area contributed by atoms with E-state index in [1.165, 1.54) is 0 Å². The van der Waals surface area contributed by atoms with Gasteiger partial charge in [-0.05, 0) is 12.8 Å². The standard InChI is InChI=1S/C5H8O2S/c6-5(7)3-1-4(8)2-3/h3-4,8H,1-2H2,(H,6,7). The largest absolute Gasteiger partial charge is 0.481 e. The van der Waals surface area contributed by atoms with Crippen molar-refractivity contribution in [3.8, 4) is 0 Å². The summed E-state index contributed by atoms with van der Waals surface area (Å²) in [5, 5.41) is 8.66. The molecule has 0 amide bonds. The zero-order valence-corrected chi connectivity index (χ0v) is 5.27. The topological polar surface area (TPSA) is 37.3 Å². The van der Waals surface area contributed by atoms with Crippen molar-refractivity contribution in [1.29, 1.82) is 0 Å². The molecule has 0 aromatic carbocycles. The van der Waals surface area contributed by atoms with E-state index >= 15 is 0 Å². The summed E-state index contributed by atoms with van der Waals surface area (Å²) in [5.41, 5.74) is 0. The third-order valence-electron chi connectivity index (χ3n) is 1.46. The van der Waals surface area contributed by atoms with E-state index in [0.717, 1.165) is 12.8 Å². The first-order valence-corrected chi connectivity index (χ1v) is 3.12. The predicted octanol–water partition coefficient (Wildman–Crippen LogP) is 0.779. The highest BCUT2D eigenvalue weighted by Crippen LogP contribution is 2.31. The Labute approximate surface area is 53.3 Å². The van der Waals surface area contributed by atoms with Crippen LogP contribution in [0.3, 0.4) is 0 Å². The van der Waals surface area contributed by atoms with Crippen LogP contribution in [-0.4, -0.2) is 16.3 Å². The predicted molar refractivity (Wildman–Crippen MR) is 33.1 cm³/mol. The van der Waals surface area contributed by atoms with Crippen LogP contribution in [0, 0.1) is 5.92 Å². The van der Waals surface area contributed by atoms with E-state index < -0.39 is 5.97 Å². The third kappa shape index (κ3) is 0.968. The van der Waals surface area contributed by atoms with E-state index in [0.29, 0.717) is 5.25 Å². The number of hydrogen-bond donors (Lipinski definition) is 2. The Morgan fingerprint density at radius 2 is 2.12 bits per heavy atom. The summed E-state index contributed by atoms with van der Waals surface area (Å²) in [7, 11) is 0. The molecule has 8 heavy (non-hydrogen) atoms. The molecule has 1 fully saturated rings. The molecule has 1 aliphatic carbocycles. The maximum Gasteiger partial charge on any atom is 0.306 e. The van der Waals surface area contributed by atoms with Gasteiger partial charge in [-0.15, -0.1) is 0 Å². The van der Waals surface area contributed by atoms with Crippen molar-refractivity contribution in [3.63, 3.8) is 0 Å². The maximum absolute atomic E-state index is 10.1. The summed E-state index contributed by atoms with van der Waals surface area (Å²) < 4.78 is 0. The molecule has 1 saturated carbocycles. The van der Waals surface area contributed by atoms with Crippen molar-refractivity contribution in [2.45, 2.75) is 18.1 Å². The lowest BCUT2D eigenvalue weighted by Gasteiger charge is -2.27. The second-order valence-corrected chi connectivity index (χ2v) is 2.89. The van der Waals surface area contributed by atoms with Crippen LogP contribution < -0.4 is 0 Å². The van der Waals surface area contributed by atoms with Gasteiger partial charge < -0.3 is 5.11 Å². The van der Waals surface area contributed by atoms with E-state index in [9.17, 15) is 4.79 Å². The van der Waals surface area contributed by atoms with Gasteiger partial charge in [0, 0.05) is 5.25 Å². The molecule has 0 unspecified atom stereocenters. The average Bonchev–Trinajstić information content (AvgIpc) is 1.57. The van der Waals surface area contributed by atoms with Crippen LogP contribution in [0.4, 0.5) is 0 Å². The van der Waals surface area contributed by atoms with Crippen LogP contribution in [0.15, 0.2) is 0 Å². The molecular formula is C5H8O2S. The smallest absolute Gasteiger partial charge is 0.306 e. The second-order valence-electron chi connectivity index (χ2n) is 2.16. The zero-order valence-electron chi connectivity index (χ0n) is 4.37. The van der Waals surface area contributed by atoms with Crippen molar-refractivity contribution in [2.24, 2.45) is 5.92 Å². The van der Waals surface area contributed by atoms with E-state index in [2.05, 4.69) is 12.6 Å². The van der Waals surface area contributed by atoms with Crippen LogP contribution in [0.25, 0.3) is 0 Å². The van der Waals surface area contributed by atoms with Gasteiger partial charge in [0.1, 0.15) is 0 Å². The van der Waals surface area contributed by atoms with Gasteiger partial charge in [-0.1, -0.05) is 0 Å². The van der Waals surface area contributed by atoms with E-state index in [1.54, 1.807) is 0 Å². The maximum atomic E-state index is 10.1. The Kier molecular flexibility index (Phi) is 1.47. The molecule has 46 valence electrons. The van der Waals surface area contributed by atoms with Gasteiger partial charge >= 0.3 is 5.97 Å². The van der Waals surface area contributed by atoms with Crippen LogP contribution in [0.2, 0.25) is 0 Å². The van der Waals surface area contributed by atoms with Gasteiger partial charge in [0.2, 0.25) is 0 Å². The monoisotopic (exact) mass is 132 g/mol. The van der Waals surface area contributed by atoms with E-state index in [1.807, 2.05) is 0 Å². The minimum atomic E-state index is -0.671. The quantitative estimate of drug-likeness (QED) is 0.517. The lowest BCUT2D eigenvalue weighted by atomic mass is 9.85. The van der Waals surface area contributed by atoms with Gasteiger partial charge in [0.05, 0.1) is 5.92 Å². The summed E-state index contributed by atoms with van der Waals surface area (Å²) in [6, 6.07) is 0. The first-order valence-electron chi connectivity index (χ1n) is 2.61. The molecule has 1 rings (SSSR count). The average molecular weight is 132 g/mol. The second kappa shape index (κ2) is 1.97. The molecular weight excluding hydrogens is 124 g/mol. The van der Waals surface area contributed by atoms with Crippen molar-refractivity contribution in [1.82, 2.24) is 0 Å². The SMILES string of the molecule is O=C(O)C1CC(S)C1. The fourth-order valence-corrected chi connectivity index (χ4v) is 1.30. The Hall–Kier alpha value is -0.180. The first-order chi connectivity index (χ1) is 3.70. The Morgan fingerprint density at radius 3 is 2.25 bits per heavy atom. The molecule has 0 atom stereocenters. The third-order valence-corrected chi connectivity index (χ3v) is 1.88. The Bertz CT molecular complexity index is 107. The Balaban J connectivity index is 2.25. The number of aliphatic carboxylic acids is 1. The van der Waals surface area contributed by atoms with Crippen LogP contribution in [0.1, 0.15) is 12.8 Å². The molecule has 2 nitrogen and oxygen atoms in total. The van der Waals surface area contributed by atoms with Crippen LogP contribution in [-0.2, 0) is 4.79 Å². The van der Waals surface area contributed by atoms with Crippen LogP contribution >= 0.6 is 12.6 Å². The first kappa shape index (κ1) is 5.95. The lowest BCUT2D eigenvalue weighted by Crippen LogP contribution is -2.30.